The Labute approximate surface area is 227 Å². The Morgan fingerprint density at radius 1 is 0.974 bits per heavy atom. The molecule has 8 nitrogen and oxygen atoms in total. The number of aromatic nitrogens is 1. The molecule has 1 N–H and O–H groups in total. The molecule has 0 aliphatic carbocycles. The molecule has 0 saturated carbocycles. The average molecular weight is 526 g/mol. The van der Waals surface area contributed by atoms with Gasteiger partial charge in [0, 0.05) is 54.6 Å². The second-order valence-electron chi connectivity index (χ2n) is 9.50. The molecule has 1 aliphatic rings. The molecule has 8 heteroatoms. The van der Waals surface area contributed by atoms with Gasteiger partial charge >= 0.3 is 5.97 Å². The van der Waals surface area contributed by atoms with Crippen molar-refractivity contribution in [3.8, 4) is 0 Å². The number of aryl methyl sites for hydroxylation is 1. The Balaban J connectivity index is 1.63. The second-order valence-corrected chi connectivity index (χ2v) is 9.50. The van der Waals surface area contributed by atoms with E-state index >= 15 is 0 Å². The molecule has 3 aromatic carbocycles. The van der Waals surface area contributed by atoms with Crippen LogP contribution in [-0.2, 0) is 21.3 Å². The maximum absolute atomic E-state index is 14.2. The largest absolute Gasteiger partial charge is 0.462 e. The molecule has 2 amide bonds. The van der Waals surface area contributed by atoms with Gasteiger partial charge in [-0.15, -0.1) is 0 Å². The Morgan fingerprint density at radius 3 is 2.54 bits per heavy atom. The zero-order valence-corrected chi connectivity index (χ0v) is 22.2. The number of hydrogen-bond acceptors (Lipinski definition) is 5. The number of hydrogen-bond donors (Lipinski definition) is 1. The third-order valence-corrected chi connectivity index (χ3v) is 7.15. The van der Waals surface area contributed by atoms with E-state index in [-0.39, 0.29) is 18.4 Å². The number of esters is 1. The first kappa shape index (κ1) is 26.2. The summed E-state index contributed by atoms with van der Waals surface area (Å²) >= 11 is 0. The molecule has 1 aromatic heterocycles. The van der Waals surface area contributed by atoms with E-state index < -0.39 is 17.9 Å². The summed E-state index contributed by atoms with van der Waals surface area (Å²) in [6, 6.07) is 21.3. The number of carbonyl (C=O) groups excluding carboxylic acids is 3. The van der Waals surface area contributed by atoms with Gasteiger partial charge in [-0.2, -0.15) is 0 Å². The molecule has 0 saturated heterocycles. The van der Waals surface area contributed by atoms with Gasteiger partial charge in [0.15, 0.2) is 0 Å². The third-order valence-electron chi connectivity index (χ3n) is 7.15. The van der Waals surface area contributed by atoms with Gasteiger partial charge in [-0.1, -0.05) is 42.5 Å². The van der Waals surface area contributed by atoms with Crippen molar-refractivity contribution in [1.29, 1.82) is 0 Å². The molecule has 0 bridgehead atoms. The summed E-state index contributed by atoms with van der Waals surface area (Å²) in [7, 11) is 3.55. The van der Waals surface area contributed by atoms with E-state index in [1.807, 2.05) is 54.2 Å². The van der Waals surface area contributed by atoms with Crippen molar-refractivity contribution >= 4 is 34.4 Å². The Bertz CT molecular complexity index is 1540. The van der Waals surface area contributed by atoms with Crippen LogP contribution in [0.5, 0.6) is 0 Å². The number of nitrogens with zero attached hydrogens (tertiary/aromatic N) is 2. The Kier molecular flexibility index (Phi) is 7.47. The number of fused-ring (bicyclic) bond motifs is 2. The zero-order chi connectivity index (χ0) is 27.5. The molecule has 2 heterocycles. The van der Waals surface area contributed by atoms with Crippen LogP contribution in [0.2, 0.25) is 0 Å². The van der Waals surface area contributed by atoms with Gasteiger partial charge in [0.1, 0.15) is 0 Å². The van der Waals surface area contributed by atoms with Crippen molar-refractivity contribution in [1.82, 2.24) is 9.47 Å². The lowest BCUT2D eigenvalue weighted by Crippen LogP contribution is -2.47. The first-order valence-electron chi connectivity index (χ1n) is 13.0. The molecule has 0 spiro atoms. The fourth-order valence-electron chi connectivity index (χ4n) is 5.42. The summed E-state index contributed by atoms with van der Waals surface area (Å²) in [5.74, 6) is -1.60. The molecular weight excluding hydrogens is 494 g/mol. The van der Waals surface area contributed by atoms with Gasteiger partial charge in [0.05, 0.1) is 30.7 Å². The Morgan fingerprint density at radius 2 is 1.74 bits per heavy atom. The SMILES string of the molecule is CCOC(=O)c1cccc(NC(=O)[C@@H]2c3ccccc3C(=O)N(CCOC)[C@@H]2c2cn(C)c3ccccc23)c1. The molecule has 0 unspecified atom stereocenters. The smallest absolute Gasteiger partial charge is 0.338 e. The van der Waals surface area contributed by atoms with Crippen LogP contribution in [-0.4, -0.2) is 54.1 Å². The number of benzene rings is 3. The van der Waals surface area contributed by atoms with Crippen LogP contribution in [0.1, 0.15) is 50.7 Å². The maximum Gasteiger partial charge on any atom is 0.338 e. The van der Waals surface area contributed by atoms with E-state index in [2.05, 4.69) is 5.32 Å². The molecule has 4 aromatic rings. The average Bonchev–Trinajstić information content (AvgIpc) is 3.28. The van der Waals surface area contributed by atoms with Crippen molar-refractivity contribution in [2.75, 3.05) is 32.2 Å². The third kappa shape index (κ3) is 4.91. The summed E-state index contributed by atoms with van der Waals surface area (Å²) in [6.07, 6.45) is 2.00. The number of anilines is 1. The second kappa shape index (κ2) is 11.1. The van der Waals surface area contributed by atoms with Crippen LogP contribution in [0.3, 0.4) is 0 Å². The lowest BCUT2D eigenvalue weighted by atomic mass is 9.79. The van der Waals surface area contributed by atoms with Crippen LogP contribution in [0.4, 0.5) is 5.69 Å². The minimum Gasteiger partial charge on any atom is -0.462 e. The van der Waals surface area contributed by atoms with E-state index in [4.69, 9.17) is 9.47 Å². The van der Waals surface area contributed by atoms with Crippen molar-refractivity contribution < 1.29 is 23.9 Å². The first-order valence-corrected chi connectivity index (χ1v) is 13.0. The van der Waals surface area contributed by atoms with Gasteiger partial charge in [-0.05, 0) is 42.8 Å². The van der Waals surface area contributed by atoms with Gasteiger partial charge in [-0.25, -0.2) is 4.79 Å². The lowest BCUT2D eigenvalue weighted by molar-refractivity contribution is -0.119. The number of methoxy groups -OCH3 is 1. The standard InChI is InChI=1S/C31H31N3O5/c1-4-39-31(37)20-10-9-11-21(18-20)32-29(35)27-23-13-5-6-14-24(23)30(36)34(16-17-38-3)28(27)25-19-33(2)26-15-8-7-12-22(25)26/h5-15,18-19,27-28H,4,16-17H2,1-3H3,(H,32,35)/t27-,28-/m1/s1. The number of ether oxygens (including phenoxy) is 2. The number of amides is 2. The molecule has 5 rings (SSSR count). The summed E-state index contributed by atoms with van der Waals surface area (Å²) in [5.41, 5.74) is 3.86. The highest BCUT2D eigenvalue weighted by Crippen LogP contribution is 2.45. The molecular formula is C31H31N3O5. The molecule has 1 aliphatic heterocycles. The zero-order valence-electron chi connectivity index (χ0n) is 22.2. The molecule has 2 atom stereocenters. The monoisotopic (exact) mass is 525 g/mol. The molecule has 0 fully saturated rings. The van der Waals surface area contributed by atoms with E-state index in [0.717, 1.165) is 16.5 Å². The van der Waals surface area contributed by atoms with Crippen molar-refractivity contribution in [2.45, 2.75) is 18.9 Å². The minimum absolute atomic E-state index is 0.144. The number of rotatable bonds is 8. The highest BCUT2D eigenvalue weighted by Gasteiger charge is 2.45. The maximum atomic E-state index is 14.2. The summed E-state index contributed by atoms with van der Waals surface area (Å²) in [6.45, 7) is 2.64. The first-order chi connectivity index (χ1) is 18.9. The summed E-state index contributed by atoms with van der Waals surface area (Å²) in [4.78, 5) is 42.1. The predicted octanol–water partition coefficient (Wildman–Crippen LogP) is 4.92. The normalized spacial score (nSPS) is 16.7. The van der Waals surface area contributed by atoms with Crippen LogP contribution in [0, 0.1) is 0 Å². The highest BCUT2D eigenvalue weighted by molar-refractivity contribution is 6.05. The topological polar surface area (TPSA) is 89.9 Å². The Hall–Kier alpha value is -4.43. The lowest BCUT2D eigenvalue weighted by Gasteiger charge is -2.41. The number of para-hydroxylation sites is 1. The number of nitrogens with one attached hydrogen (secondary N) is 1. The molecule has 200 valence electrons. The van der Waals surface area contributed by atoms with Crippen LogP contribution in [0.25, 0.3) is 10.9 Å². The van der Waals surface area contributed by atoms with Crippen LogP contribution < -0.4 is 5.32 Å². The molecule has 39 heavy (non-hydrogen) atoms. The predicted molar refractivity (Wildman–Crippen MR) is 149 cm³/mol. The van der Waals surface area contributed by atoms with Crippen LogP contribution >= 0.6 is 0 Å². The fourth-order valence-corrected chi connectivity index (χ4v) is 5.42. The molecule has 0 radical (unpaired) electrons. The summed E-state index contributed by atoms with van der Waals surface area (Å²) in [5, 5.41) is 3.99. The fraction of sp³-hybridized carbons (Fsp3) is 0.258. The van der Waals surface area contributed by atoms with Gasteiger partial charge in [0.25, 0.3) is 5.91 Å². The van der Waals surface area contributed by atoms with Crippen LogP contribution in [0.15, 0.2) is 79.0 Å². The van der Waals surface area contributed by atoms with Gasteiger partial charge in [-0.3, -0.25) is 9.59 Å². The van der Waals surface area contributed by atoms with E-state index in [1.165, 1.54) is 0 Å². The van der Waals surface area contributed by atoms with Crippen molar-refractivity contribution in [2.24, 2.45) is 7.05 Å². The van der Waals surface area contributed by atoms with Gasteiger partial charge in [0.2, 0.25) is 5.91 Å². The van der Waals surface area contributed by atoms with Crippen molar-refractivity contribution in [3.63, 3.8) is 0 Å². The minimum atomic E-state index is -0.715. The van der Waals surface area contributed by atoms with E-state index in [9.17, 15) is 14.4 Å². The summed E-state index contributed by atoms with van der Waals surface area (Å²) < 4.78 is 12.5. The van der Waals surface area contributed by atoms with E-state index in [0.29, 0.717) is 35.5 Å². The van der Waals surface area contributed by atoms with E-state index in [1.54, 1.807) is 55.3 Å². The van der Waals surface area contributed by atoms with Crippen molar-refractivity contribution in [3.05, 3.63) is 101 Å². The number of carbonyl (C=O) groups is 3. The quantitative estimate of drug-likeness (QED) is 0.330. The highest BCUT2D eigenvalue weighted by atomic mass is 16.5. The van der Waals surface area contributed by atoms with Gasteiger partial charge < -0.3 is 24.3 Å².